The van der Waals surface area contributed by atoms with Gasteiger partial charge in [-0.2, -0.15) is 0 Å². The van der Waals surface area contributed by atoms with Crippen LogP contribution in [0.25, 0.3) is 0 Å². The van der Waals surface area contributed by atoms with E-state index in [-0.39, 0.29) is 18.7 Å². The second kappa shape index (κ2) is 11.5. The van der Waals surface area contributed by atoms with Crippen LogP contribution in [0.3, 0.4) is 0 Å². The molecule has 3 amide bonds. The minimum atomic E-state index is -0.505. The van der Waals surface area contributed by atoms with Crippen LogP contribution in [0.2, 0.25) is 0 Å². The fourth-order valence-corrected chi connectivity index (χ4v) is 2.38. The van der Waals surface area contributed by atoms with Crippen molar-refractivity contribution >= 4 is 17.7 Å². The van der Waals surface area contributed by atoms with Crippen LogP contribution in [-0.2, 0) is 4.79 Å². The predicted octanol–water partition coefficient (Wildman–Crippen LogP) is 2.29. The van der Waals surface area contributed by atoms with E-state index >= 15 is 0 Å². The third-order valence-electron chi connectivity index (χ3n) is 4.08. The number of methoxy groups -OCH3 is 1. The lowest BCUT2D eigenvalue weighted by molar-refractivity contribution is -0.121. The molecule has 0 atom stereocenters. The molecule has 9 nitrogen and oxygen atoms in total. The number of nitrogens with one attached hydrogen (secondary N) is 3. The molecule has 0 aliphatic carbocycles. The third-order valence-corrected chi connectivity index (χ3v) is 4.08. The number of carbonyl (C=O) groups excluding carboxylic acids is 3. The molecule has 2 aromatic rings. The molecule has 3 N–H and O–H groups in total. The van der Waals surface area contributed by atoms with E-state index in [9.17, 15) is 14.4 Å². The zero-order valence-electron chi connectivity index (χ0n) is 17.3. The number of hydrogen-bond donors (Lipinski definition) is 3. The molecule has 0 bridgehead atoms. The Morgan fingerprint density at radius 2 is 1.87 bits per heavy atom. The van der Waals surface area contributed by atoms with E-state index < -0.39 is 17.7 Å². The molecule has 9 heteroatoms. The maximum atomic E-state index is 12.3. The molecule has 0 aliphatic rings. The summed E-state index contributed by atoms with van der Waals surface area (Å²) in [6.45, 7) is 4.86. The van der Waals surface area contributed by atoms with E-state index in [0.717, 1.165) is 6.42 Å². The summed E-state index contributed by atoms with van der Waals surface area (Å²) >= 11 is 0. The summed E-state index contributed by atoms with van der Waals surface area (Å²) in [6.07, 6.45) is 2.27. The fraction of sp³-hybridized carbons (Fsp3) is 0.381. The van der Waals surface area contributed by atoms with E-state index in [4.69, 9.17) is 13.9 Å². The topological polar surface area (TPSA) is 119 Å². The van der Waals surface area contributed by atoms with Crippen molar-refractivity contribution in [3.05, 3.63) is 47.9 Å². The first-order chi connectivity index (χ1) is 14.4. The van der Waals surface area contributed by atoms with Crippen molar-refractivity contribution in [2.75, 3.05) is 20.3 Å². The monoisotopic (exact) mass is 417 g/mol. The molecule has 2 rings (SSSR count). The minimum Gasteiger partial charge on any atom is -0.493 e. The van der Waals surface area contributed by atoms with E-state index in [0.29, 0.717) is 29.6 Å². The Kier molecular flexibility index (Phi) is 8.74. The number of hydrogen-bond acceptors (Lipinski definition) is 6. The van der Waals surface area contributed by atoms with E-state index in [1.54, 1.807) is 18.2 Å². The average molecular weight is 417 g/mol. The van der Waals surface area contributed by atoms with E-state index in [1.807, 2.05) is 0 Å². The largest absolute Gasteiger partial charge is 0.493 e. The second-order valence-corrected chi connectivity index (χ2v) is 6.88. The van der Waals surface area contributed by atoms with Gasteiger partial charge >= 0.3 is 0 Å². The van der Waals surface area contributed by atoms with Gasteiger partial charge in [0.2, 0.25) is 5.91 Å². The highest BCUT2D eigenvalue weighted by molar-refractivity contribution is 5.96. The van der Waals surface area contributed by atoms with E-state index in [2.05, 4.69) is 30.0 Å². The summed E-state index contributed by atoms with van der Waals surface area (Å²) in [5.41, 5.74) is 4.93. The number of amides is 3. The molecule has 0 unspecified atom stereocenters. The third kappa shape index (κ3) is 7.16. The lowest BCUT2D eigenvalue weighted by Crippen LogP contribution is -2.42. The van der Waals surface area contributed by atoms with Crippen molar-refractivity contribution in [3.8, 4) is 11.5 Å². The summed E-state index contributed by atoms with van der Waals surface area (Å²) in [7, 11) is 1.49. The van der Waals surface area contributed by atoms with Crippen molar-refractivity contribution in [2.45, 2.75) is 26.7 Å². The van der Waals surface area contributed by atoms with Gasteiger partial charge in [-0.1, -0.05) is 13.8 Å². The molecule has 0 saturated heterocycles. The molecular weight excluding hydrogens is 390 g/mol. The standard InChI is InChI=1S/C21H27N3O6/c1-14(2)9-12-30-16-7-6-15(13-18(16)28-3)20(26)24-23-19(25)8-10-22-21(27)17-5-4-11-29-17/h4-7,11,13-14H,8-10,12H2,1-3H3,(H,22,27)(H,23,25)(H,24,26). The number of hydrazine groups is 1. The Balaban J connectivity index is 1.77. The number of benzene rings is 1. The first-order valence-electron chi connectivity index (χ1n) is 9.62. The lowest BCUT2D eigenvalue weighted by atomic mass is 10.1. The number of rotatable bonds is 10. The van der Waals surface area contributed by atoms with Crippen LogP contribution in [-0.4, -0.2) is 38.0 Å². The van der Waals surface area contributed by atoms with Crippen molar-refractivity contribution in [2.24, 2.45) is 5.92 Å². The van der Waals surface area contributed by atoms with Crippen molar-refractivity contribution in [1.29, 1.82) is 0 Å². The second-order valence-electron chi connectivity index (χ2n) is 6.88. The molecule has 30 heavy (non-hydrogen) atoms. The highest BCUT2D eigenvalue weighted by atomic mass is 16.5. The van der Waals surface area contributed by atoms with Crippen LogP contribution < -0.4 is 25.6 Å². The Bertz CT molecular complexity index is 848. The van der Waals surface area contributed by atoms with Crippen LogP contribution in [0.1, 0.15) is 47.6 Å². The molecule has 1 heterocycles. The molecule has 0 radical (unpaired) electrons. The summed E-state index contributed by atoms with van der Waals surface area (Å²) in [6, 6.07) is 7.88. The summed E-state index contributed by atoms with van der Waals surface area (Å²) in [5, 5.41) is 2.54. The Labute approximate surface area is 175 Å². The lowest BCUT2D eigenvalue weighted by Gasteiger charge is -2.13. The highest BCUT2D eigenvalue weighted by Crippen LogP contribution is 2.28. The molecule has 1 aromatic carbocycles. The number of ether oxygens (including phenoxy) is 2. The quantitative estimate of drug-likeness (QED) is 0.511. The summed E-state index contributed by atoms with van der Waals surface area (Å²) in [4.78, 5) is 35.8. The van der Waals surface area contributed by atoms with Crippen LogP contribution in [0.15, 0.2) is 41.0 Å². The average Bonchev–Trinajstić information content (AvgIpc) is 3.27. The molecular formula is C21H27N3O6. The van der Waals surface area contributed by atoms with Gasteiger partial charge in [0.1, 0.15) is 0 Å². The maximum Gasteiger partial charge on any atom is 0.286 e. The van der Waals surface area contributed by atoms with Crippen LogP contribution >= 0.6 is 0 Å². The molecule has 162 valence electrons. The van der Waals surface area contributed by atoms with Gasteiger partial charge in [-0.15, -0.1) is 0 Å². The molecule has 0 fully saturated rings. The zero-order valence-corrected chi connectivity index (χ0v) is 17.3. The Hall–Kier alpha value is -3.49. The van der Waals surface area contributed by atoms with Gasteiger partial charge < -0.3 is 19.2 Å². The summed E-state index contributed by atoms with van der Waals surface area (Å²) in [5.74, 6) is 0.278. The summed E-state index contributed by atoms with van der Waals surface area (Å²) < 4.78 is 15.9. The van der Waals surface area contributed by atoms with Crippen LogP contribution in [0.4, 0.5) is 0 Å². The molecule has 0 spiro atoms. The van der Waals surface area contributed by atoms with Crippen molar-refractivity contribution in [3.63, 3.8) is 0 Å². The van der Waals surface area contributed by atoms with Gasteiger partial charge in [0.05, 0.1) is 20.0 Å². The van der Waals surface area contributed by atoms with Gasteiger partial charge in [-0.25, -0.2) is 0 Å². The van der Waals surface area contributed by atoms with Crippen LogP contribution in [0, 0.1) is 5.92 Å². The predicted molar refractivity (Wildman–Crippen MR) is 109 cm³/mol. The Morgan fingerprint density at radius 3 is 2.53 bits per heavy atom. The smallest absolute Gasteiger partial charge is 0.286 e. The maximum absolute atomic E-state index is 12.3. The number of carbonyl (C=O) groups is 3. The van der Waals surface area contributed by atoms with Gasteiger partial charge in [-0.3, -0.25) is 25.2 Å². The van der Waals surface area contributed by atoms with Gasteiger partial charge in [-0.05, 0) is 42.7 Å². The van der Waals surface area contributed by atoms with Gasteiger partial charge in [0.25, 0.3) is 11.8 Å². The minimum absolute atomic E-state index is 0.0152. The van der Waals surface area contributed by atoms with Gasteiger partial charge in [0.15, 0.2) is 17.3 Å². The molecule has 1 aromatic heterocycles. The van der Waals surface area contributed by atoms with E-state index in [1.165, 1.54) is 25.5 Å². The zero-order chi connectivity index (χ0) is 21.9. The van der Waals surface area contributed by atoms with Crippen molar-refractivity contribution < 1.29 is 28.3 Å². The highest BCUT2D eigenvalue weighted by Gasteiger charge is 2.13. The molecule has 0 aliphatic heterocycles. The van der Waals surface area contributed by atoms with Crippen LogP contribution in [0.5, 0.6) is 11.5 Å². The van der Waals surface area contributed by atoms with Crippen molar-refractivity contribution in [1.82, 2.24) is 16.2 Å². The Morgan fingerprint density at radius 1 is 1.07 bits per heavy atom. The first kappa shape index (κ1) is 22.8. The first-order valence-corrected chi connectivity index (χ1v) is 9.62. The SMILES string of the molecule is COc1cc(C(=O)NNC(=O)CCNC(=O)c2ccco2)ccc1OCCC(C)C. The normalized spacial score (nSPS) is 10.4. The molecule has 0 saturated carbocycles. The van der Waals surface area contributed by atoms with Gasteiger partial charge in [0, 0.05) is 18.5 Å². The fourth-order valence-electron chi connectivity index (χ4n) is 2.38. The number of furan rings is 1.